The van der Waals surface area contributed by atoms with Crippen molar-refractivity contribution in [1.29, 1.82) is 0 Å². The highest BCUT2D eigenvalue weighted by molar-refractivity contribution is 5.84. The van der Waals surface area contributed by atoms with Gasteiger partial charge in [-0.2, -0.15) is 5.10 Å². The maximum Gasteiger partial charge on any atom is 0.242 e. The zero-order chi connectivity index (χ0) is 17.9. The lowest BCUT2D eigenvalue weighted by molar-refractivity contribution is -0.172. The first-order chi connectivity index (χ1) is 12.1. The molecule has 8 heteroatoms. The third-order valence-electron chi connectivity index (χ3n) is 5.71. The minimum atomic E-state index is -0.247. The van der Waals surface area contributed by atoms with Crippen LogP contribution in [-0.4, -0.2) is 63.8 Å². The zero-order valence-electron chi connectivity index (χ0n) is 15.0. The van der Waals surface area contributed by atoms with Crippen molar-refractivity contribution in [1.82, 2.24) is 25.0 Å². The Morgan fingerprint density at radius 2 is 2.16 bits per heavy atom. The van der Waals surface area contributed by atoms with Crippen LogP contribution in [0.2, 0.25) is 0 Å². The molecule has 2 amide bonds. The molecule has 2 unspecified atom stereocenters. The van der Waals surface area contributed by atoms with E-state index in [0.29, 0.717) is 0 Å². The lowest BCUT2D eigenvalue weighted by Gasteiger charge is -2.57. The molecule has 0 radical (unpaired) electrons. The van der Waals surface area contributed by atoms with Gasteiger partial charge >= 0.3 is 0 Å². The quantitative estimate of drug-likeness (QED) is 0.778. The number of hydrogen-bond acceptors (Lipinski definition) is 5. The van der Waals surface area contributed by atoms with E-state index in [0.717, 1.165) is 25.9 Å². The van der Waals surface area contributed by atoms with Gasteiger partial charge in [0.25, 0.3) is 0 Å². The number of nitrogens with one attached hydrogen (secondary N) is 1. The third-order valence-corrected chi connectivity index (χ3v) is 5.71. The maximum atomic E-state index is 12.5. The number of aromatic nitrogens is 3. The molecule has 2 saturated carbocycles. The average molecular weight is 349 g/mol. The molecule has 2 aliphatic carbocycles. The van der Waals surface area contributed by atoms with E-state index in [1.54, 1.807) is 0 Å². The van der Waals surface area contributed by atoms with Crippen molar-refractivity contribution in [2.75, 3.05) is 20.2 Å². The van der Waals surface area contributed by atoms with E-state index in [9.17, 15) is 9.59 Å². The maximum absolute atomic E-state index is 12.5. The van der Waals surface area contributed by atoms with Crippen LogP contribution in [0.4, 0.5) is 0 Å². The average Bonchev–Trinajstić information content (AvgIpc) is 3.28. The number of hydrogen-bond donors (Lipinski definition) is 1. The Labute approximate surface area is 147 Å². The van der Waals surface area contributed by atoms with E-state index in [1.807, 2.05) is 18.9 Å². The number of amides is 2. The molecule has 1 aromatic heterocycles. The molecule has 3 rings (SSSR count). The number of rotatable bonds is 7. The van der Waals surface area contributed by atoms with E-state index in [2.05, 4.69) is 15.4 Å². The van der Waals surface area contributed by atoms with Gasteiger partial charge in [0.2, 0.25) is 11.8 Å². The molecule has 138 valence electrons. The molecule has 1 spiro atoms. The summed E-state index contributed by atoms with van der Waals surface area (Å²) in [5, 5.41) is 6.55. The van der Waals surface area contributed by atoms with E-state index in [-0.39, 0.29) is 42.5 Å². The van der Waals surface area contributed by atoms with Gasteiger partial charge in [0.1, 0.15) is 19.2 Å². The van der Waals surface area contributed by atoms with Gasteiger partial charge in [-0.25, -0.2) is 9.67 Å². The molecule has 2 atom stereocenters. The Hall–Kier alpha value is -1.96. The van der Waals surface area contributed by atoms with Crippen LogP contribution in [0.25, 0.3) is 0 Å². The Kier molecular flexibility index (Phi) is 5.36. The Morgan fingerprint density at radius 1 is 1.40 bits per heavy atom. The fraction of sp³-hybridized carbons (Fsp3) is 0.765. The Bertz CT molecular complexity index is 597. The number of likely N-dealkylation sites (N-methyl/N-ethyl adjacent to an activating group) is 1. The highest BCUT2D eigenvalue weighted by atomic mass is 16.5. The van der Waals surface area contributed by atoms with Gasteiger partial charge in [0, 0.05) is 25.1 Å². The fourth-order valence-electron chi connectivity index (χ4n) is 4.38. The second-order valence-corrected chi connectivity index (χ2v) is 7.01. The van der Waals surface area contributed by atoms with E-state index in [1.165, 1.54) is 30.2 Å². The molecule has 25 heavy (non-hydrogen) atoms. The highest BCUT2D eigenvalue weighted by Gasteiger charge is 2.58. The van der Waals surface area contributed by atoms with Crippen LogP contribution in [0.3, 0.4) is 0 Å². The predicted octanol–water partition coefficient (Wildman–Crippen LogP) is 0.591. The summed E-state index contributed by atoms with van der Waals surface area (Å²) in [6, 6.07) is 0.214. The molecular weight excluding hydrogens is 322 g/mol. The molecule has 1 heterocycles. The zero-order valence-corrected chi connectivity index (χ0v) is 15.0. The summed E-state index contributed by atoms with van der Waals surface area (Å²) >= 11 is 0. The molecular formula is C17H27N5O3. The van der Waals surface area contributed by atoms with Crippen LogP contribution in [-0.2, 0) is 20.9 Å². The van der Waals surface area contributed by atoms with Crippen molar-refractivity contribution >= 4 is 11.8 Å². The van der Waals surface area contributed by atoms with Crippen LogP contribution >= 0.6 is 0 Å². The molecule has 0 aromatic carbocycles. The van der Waals surface area contributed by atoms with Gasteiger partial charge in [0.15, 0.2) is 0 Å². The number of carbonyl (C=O) groups excluding carboxylic acids is 2. The van der Waals surface area contributed by atoms with Gasteiger partial charge in [-0.15, -0.1) is 0 Å². The van der Waals surface area contributed by atoms with Crippen molar-refractivity contribution in [2.45, 2.75) is 57.7 Å². The summed E-state index contributed by atoms with van der Waals surface area (Å²) in [5.41, 5.74) is 0.116. The lowest BCUT2D eigenvalue weighted by Crippen LogP contribution is -2.64. The van der Waals surface area contributed by atoms with E-state index < -0.39 is 0 Å². The Morgan fingerprint density at radius 3 is 2.80 bits per heavy atom. The third kappa shape index (κ3) is 3.53. The van der Waals surface area contributed by atoms with E-state index >= 15 is 0 Å². The van der Waals surface area contributed by atoms with Crippen molar-refractivity contribution in [3.8, 4) is 0 Å². The lowest BCUT2D eigenvalue weighted by atomic mass is 9.60. The van der Waals surface area contributed by atoms with Crippen LogP contribution in [0.15, 0.2) is 12.7 Å². The number of nitrogens with zero attached hydrogens (tertiary/aromatic N) is 4. The molecule has 8 nitrogen and oxygen atoms in total. The smallest absolute Gasteiger partial charge is 0.242 e. The van der Waals surface area contributed by atoms with Crippen LogP contribution in [0, 0.1) is 5.41 Å². The fourth-order valence-corrected chi connectivity index (χ4v) is 4.38. The minimum absolute atomic E-state index is 0.00983. The number of carbonyl (C=O) groups is 2. The molecule has 0 saturated heterocycles. The topological polar surface area (TPSA) is 89.4 Å². The van der Waals surface area contributed by atoms with Crippen molar-refractivity contribution in [3.63, 3.8) is 0 Å². The first-order valence-electron chi connectivity index (χ1n) is 9.03. The molecule has 0 bridgehead atoms. The second-order valence-electron chi connectivity index (χ2n) is 7.01. The predicted molar refractivity (Wildman–Crippen MR) is 90.5 cm³/mol. The van der Waals surface area contributed by atoms with Crippen LogP contribution in [0.1, 0.15) is 39.0 Å². The minimum Gasteiger partial charge on any atom is -0.378 e. The van der Waals surface area contributed by atoms with Crippen molar-refractivity contribution < 1.29 is 14.3 Å². The molecule has 0 aliphatic heterocycles. The monoisotopic (exact) mass is 349 g/mol. The molecule has 2 fully saturated rings. The summed E-state index contributed by atoms with van der Waals surface area (Å²) in [4.78, 5) is 30.0. The van der Waals surface area contributed by atoms with Gasteiger partial charge in [-0.1, -0.05) is 12.8 Å². The van der Waals surface area contributed by atoms with Gasteiger partial charge in [-0.05, 0) is 26.2 Å². The summed E-state index contributed by atoms with van der Waals surface area (Å²) in [6.45, 7) is 2.82. The summed E-state index contributed by atoms with van der Waals surface area (Å²) in [6.07, 6.45) is 8.66. The largest absolute Gasteiger partial charge is 0.378 e. The Balaban J connectivity index is 1.51. The highest BCUT2D eigenvalue weighted by Crippen LogP contribution is 2.56. The van der Waals surface area contributed by atoms with Gasteiger partial charge in [0.05, 0.1) is 12.6 Å². The van der Waals surface area contributed by atoms with Crippen molar-refractivity contribution in [2.24, 2.45) is 5.41 Å². The standard InChI is InChI=1S/C17H27N5O3/c1-3-25-14-8-13(17(14)6-4-5-7-17)21(2)16(24)9-19-15(23)10-22-12-18-11-20-22/h11-14H,3-10H2,1-2H3,(H,19,23). The van der Waals surface area contributed by atoms with Gasteiger partial charge in [-0.3, -0.25) is 9.59 Å². The van der Waals surface area contributed by atoms with Crippen molar-refractivity contribution in [3.05, 3.63) is 12.7 Å². The first-order valence-corrected chi connectivity index (χ1v) is 9.03. The molecule has 2 aliphatic rings. The van der Waals surface area contributed by atoms with Gasteiger partial charge < -0.3 is 15.0 Å². The molecule has 1 N–H and O–H groups in total. The number of ether oxygens (including phenoxy) is 1. The first kappa shape index (κ1) is 17.8. The summed E-state index contributed by atoms with van der Waals surface area (Å²) in [7, 11) is 1.85. The SMILES string of the molecule is CCOC1CC(N(C)C(=O)CNC(=O)Cn2cncn2)C12CCCC2. The summed E-state index contributed by atoms with van der Waals surface area (Å²) in [5.74, 6) is -0.304. The van der Waals surface area contributed by atoms with Crippen LogP contribution in [0.5, 0.6) is 0 Å². The second kappa shape index (κ2) is 7.51. The molecule has 1 aromatic rings. The normalized spacial score (nSPS) is 24.1. The van der Waals surface area contributed by atoms with Crippen LogP contribution < -0.4 is 5.32 Å². The summed E-state index contributed by atoms with van der Waals surface area (Å²) < 4.78 is 7.34. The van der Waals surface area contributed by atoms with E-state index in [4.69, 9.17) is 4.74 Å².